The Hall–Kier alpha value is -2.05. The number of rotatable bonds is 0. The zero-order valence-corrected chi connectivity index (χ0v) is 8.49. The molecule has 0 radical (unpaired) electrons. The normalized spacial score (nSPS) is 22.6. The first-order chi connectivity index (χ1) is 7.66. The van der Waals surface area contributed by atoms with Crippen LogP contribution in [0.25, 0.3) is 0 Å². The molecule has 0 saturated carbocycles. The molecule has 0 spiro atoms. The third kappa shape index (κ3) is 1.11. The predicted molar refractivity (Wildman–Crippen MR) is 58.3 cm³/mol. The second kappa shape index (κ2) is 2.97. The quantitative estimate of drug-likeness (QED) is 0.536. The van der Waals surface area contributed by atoms with Crippen molar-refractivity contribution in [3.63, 3.8) is 0 Å². The van der Waals surface area contributed by atoms with E-state index in [0.717, 1.165) is 6.42 Å². The van der Waals surface area contributed by atoms with E-state index in [2.05, 4.69) is 15.3 Å². The molecule has 2 aliphatic rings. The molecule has 0 bridgehead atoms. The van der Waals surface area contributed by atoms with E-state index in [4.69, 9.17) is 5.73 Å². The second-order valence-electron chi connectivity index (χ2n) is 3.99. The van der Waals surface area contributed by atoms with Crippen LogP contribution in [0.5, 0.6) is 0 Å². The Morgan fingerprint density at radius 1 is 1.44 bits per heavy atom. The summed E-state index contributed by atoms with van der Waals surface area (Å²) in [5.74, 6) is 0.430. The van der Waals surface area contributed by atoms with Crippen molar-refractivity contribution in [3.05, 3.63) is 10.4 Å². The van der Waals surface area contributed by atoms with Crippen molar-refractivity contribution in [2.75, 3.05) is 22.5 Å². The number of hydrogen-bond donors (Lipinski definition) is 3. The zero-order chi connectivity index (χ0) is 11.3. The Labute approximate surface area is 90.7 Å². The topological polar surface area (TPSA) is 104 Å². The Kier molecular flexibility index (Phi) is 1.71. The van der Waals surface area contributed by atoms with Gasteiger partial charge in [-0.3, -0.25) is 19.5 Å². The molecule has 1 aromatic heterocycles. The summed E-state index contributed by atoms with van der Waals surface area (Å²) in [6.07, 6.45) is 1.25. The van der Waals surface area contributed by atoms with Crippen LogP contribution in [0.2, 0.25) is 0 Å². The van der Waals surface area contributed by atoms with Crippen molar-refractivity contribution in [2.45, 2.75) is 18.9 Å². The Bertz CT molecular complexity index is 523. The van der Waals surface area contributed by atoms with Crippen molar-refractivity contribution in [1.82, 2.24) is 9.97 Å². The molecule has 84 valence electrons. The van der Waals surface area contributed by atoms with Gasteiger partial charge in [-0.15, -0.1) is 0 Å². The van der Waals surface area contributed by atoms with Crippen molar-refractivity contribution in [2.24, 2.45) is 0 Å². The van der Waals surface area contributed by atoms with Gasteiger partial charge in [0.2, 0.25) is 11.9 Å². The molecule has 16 heavy (non-hydrogen) atoms. The monoisotopic (exact) mass is 221 g/mol. The molecule has 1 saturated heterocycles. The van der Waals surface area contributed by atoms with E-state index in [1.807, 2.05) is 0 Å². The fourth-order valence-electron chi connectivity index (χ4n) is 2.29. The van der Waals surface area contributed by atoms with Crippen molar-refractivity contribution >= 4 is 23.4 Å². The molecule has 7 heteroatoms. The van der Waals surface area contributed by atoms with Gasteiger partial charge >= 0.3 is 0 Å². The SMILES string of the molecule is Nc1nc2c(c(=O)[nH]1)N1C(=O)CCC1CN2. The van der Waals surface area contributed by atoms with E-state index < -0.39 is 0 Å². The van der Waals surface area contributed by atoms with Gasteiger partial charge in [0, 0.05) is 13.0 Å². The lowest BCUT2D eigenvalue weighted by Gasteiger charge is -2.30. The number of nitrogens with one attached hydrogen (secondary N) is 2. The highest BCUT2D eigenvalue weighted by Gasteiger charge is 2.38. The minimum atomic E-state index is -0.366. The van der Waals surface area contributed by atoms with Crippen LogP contribution < -0.4 is 21.5 Å². The summed E-state index contributed by atoms with van der Waals surface area (Å²) in [6, 6.07) is 0.0616. The largest absolute Gasteiger partial charge is 0.369 e. The number of hydrogen-bond acceptors (Lipinski definition) is 5. The van der Waals surface area contributed by atoms with E-state index in [1.165, 1.54) is 4.90 Å². The van der Waals surface area contributed by atoms with Crippen LogP contribution in [0, 0.1) is 0 Å². The lowest BCUT2D eigenvalue weighted by Crippen LogP contribution is -2.45. The molecule has 0 aromatic carbocycles. The molecule has 1 aromatic rings. The van der Waals surface area contributed by atoms with E-state index in [1.54, 1.807) is 0 Å². The number of nitrogen functional groups attached to an aromatic ring is 1. The van der Waals surface area contributed by atoms with Crippen molar-refractivity contribution < 1.29 is 4.79 Å². The van der Waals surface area contributed by atoms with Crippen LogP contribution in [0.4, 0.5) is 17.5 Å². The first-order valence-electron chi connectivity index (χ1n) is 5.12. The molecule has 1 atom stereocenters. The van der Waals surface area contributed by atoms with Crippen LogP contribution in [0.15, 0.2) is 4.79 Å². The molecule has 2 aliphatic heterocycles. The first kappa shape index (κ1) is 9.20. The molecule has 1 fully saturated rings. The lowest BCUT2D eigenvalue weighted by molar-refractivity contribution is -0.117. The fourth-order valence-corrected chi connectivity index (χ4v) is 2.29. The lowest BCUT2D eigenvalue weighted by atomic mass is 10.2. The molecule has 1 amide bonds. The summed E-state index contributed by atoms with van der Waals surface area (Å²) in [5, 5.41) is 3.03. The van der Waals surface area contributed by atoms with Crippen molar-refractivity contribution in [3.8, 4) is 0 Å². The predicted octanol–water partition coefficient (Wildman–Crippen LogP) is -0.727. The molecule has 4 N–H and O–H groups in total. The smallest absolute Gasteiger partial charge is 0.278 e. The summed E-state index contributed by atoms with van der Waals surface area (Å²) in [5.41, 5.74) is 5.38. The average Bonchev–Trinajstić information content (AvgIpc) is 2.60. The van der Waals surface area contributed by atoms with Crippen LogP contribution >= 0.6 is 0 Å². The zero-order valence-electron chi connectivity index (χ0n) is 8.49. The summed E-state index contributed by atoms with van der Waals surface area (Å²) in [7, 11) is 0. The Balaban J connectivity index is 2.21. The van der Waals surface area contributed by atoms with Crippen LogP contribution in [0.1, 0.15) is 12.8 Å². The van der Waals surface area contributed by atoms with Crippen LogP contribution in [0.3, 0.4) is 0 Å². The van der Waals surface area contributed by atoms with Gasteiger partial charge in [-0.25, -0.2) is 0 Å². The number of nitrogens with two attached hydrogens (primary N) is 1. The number of amides is 1. The van der Waals surface area contributed by atoms with Gasteiger partial charge in [0.1, 0.15) is 0 Å². The first-order valence-corrected chi connectivity index (χ1v) is 5.12. The van der Waals surface area contributed by atoms with Gasteiger partial charge in [-0.2, -0.15) is 4.98 Å². The standard InChI is InChI=1S/C9H11N5O2/c10-9-12-7-6(8(16)13-9)14-4(3-11-7)1-2-5(14)15/h4H,1-3H2,(H4,10,11,12,13,16). The maximum Gasteiger partial charge on any atom is 0.278 e. The fraction of sp³-hybridized carbons (Fsp3) is 0.444. The average molecular weight is 221 g/mol. The molecule has 0 aliphatic carbocycles. The summed E-state index contributed by atoms with van der Waals surface area (Å²) in [6.45, 7) is 0.620. The number of aromatic nitrogens is 2. The molecule has 3 rings (SSSR count). The van der Waals surface area contributed by atoms with Gasteiger partial charge in [-0.05, 0) is 6.42 Å². The van der Waals surface area contributed by atoms with Crippen LogP contribution in [-0.2, 0) is 4.79 Å². The number of nitrogens with zero attached hydrogens (tertiary/aromatic N) is 2. The number of anilines is 3. The molecule has 1 unspecified atom stereocenters. The number of fused-ring (bicyclic) bond motifs is 3. The summed E-state index contributed by atoms with van der Waals surface area (Å²) < 4.78 is 0. The summed E-state index contributed by atoms with van der Waals surface area (Å²) >= 11 is 0. The number of carbonyl (C=O) groups is 1. The van der Waals surface area contributed by atoms with E-state index in [0.29, 0.717) is 24.5 Å². The highest BCUT2D eigenvalue weighted by atomic mass is 16.2. The molecular formula is C9H11N5O2. The maximum absolute atomic E-state index is 11.8. The Morgan fingerprint density at radius 3 is 3.06 bits per heavy atom. The van der Waals surface area contributed by atoms with Gasteiger partial charge in [-0.1, -0.05) is 0 Å². The third-order valence-corrected chi connectivity index (χ3v) is 2.98. The van der Waals surface area contributed by atoms with E-state index in [9.17, 15) is 9.59 Å². The second-order valence-corrected chi connectivity index (χ2v) is 3.99. The minimum Gasteiger partial charge on any atom is -0.369 e. The van der Waals surface area contributed by atoms with Crippen molar-refractivity contribution in [1.29, 1.82) is 0 Å². The third-order valence-electron chi connectivity index (χ3n) is 2.98. The number of carbonyl (C=O) groups excluding carboxylic acids is 1. The highest BCUT2D eigenvalue weighted by molar-refractivity contribution is 5.99. The van der Waals surface area contributed by atoms with Gasteiger partial charge in [0.05, 0.1) is 6.04 Å². The highest BCUT2D eigenvalue weighted by Crippen LogP contribution is 2.32. The summed E-state index contributed by atoms with van der Waals surface area (Å²) in [4.78, 5) is 31.4. The van der Waals surface area contributed by atoms with Gasteiger partial charge in [0.25, 0.3) is 5.56 Å². The van der Waals surface area contributed by atoms with Gasteiger partial charge in [0.15, 0.2) is 11.5 Å². The molecule has 7 nitrogen and oxygen atoms in total. The molecule has 3 heterocycles. The number of H-pyrrole nitrogens is 1. The molecular weight excluding hydrogens is 210 g/mol. The number of aromatic amines is 1. The Morgan fingerprint density at radius 2 is 2.25 bits per heavy atom. The maximum atomic E-state index is 11.8. The minimum absolute atomic E-state index is 0.0233. The van der Waals surface area contributed by atoms with E-state index >= 15 is 0 Å². The van der Waals surface area contributed by atoms with Gasteiger partial charge < -0.3 is 11.1 Å². The van der Waals surface area contributed by atoms with E-state index in [-0.39, 0.29) is 23.5 Å². The van der Waals surface area contributed by atoms with Crippen LogP contribution in [-0.4, -0.2) is 28.5 Å².